The molecule has 0 saturated carbocycles. The highest BCUT2D eigenvalue weighted by molar-refractivity contribution is 9.10. The summed E-state index contributed by atoms with van der Waals surface area (Å²) >= 11 is 3.46. The molecule has 0 fully saturated rings. The Balaban J connectivity index is 1.57. The minimum atomic E-state index is 0.0160. The van der Waals surface area contributed by atoms with Crippen molar-refractivity contribution in [3.05, 3.63) is 70.6 Å². The van der Waals surface area contributed by atoms with E-state index < -0.39 is 0 Å². The molecule has 1 aromatic carbocycles. The molecule has 2 heterocycles. The first-order chi connectivity index (χ1) is 12.7. The van der Waals surface area contributed by atoms with Crippen LogP contribution in [0.2, 0.25) is 0 Å². The Morgan fingerprint density at radius 2 is 2.00 bits per heavy atom. The first-order valence-electron chi connectivity index (χ1n) is 8.43. The van der Waals surface area contributed by atoms with Crippen LogP contribution in [-0.4, -0.2) is 40.7 Å². The van der Waals surface area contributed by atoms with Gasteiger partial charge in [0.15, 0.2) is 5.96 Å². The van der Waals surface area contributed by atoms with Crippen LogP contribution in [0.3, 0.4) is 0 Å². The van der Waals surface area contributed by atoms with Crippen molar-refractivity contribution in [1.29, 1.82) is 0 Å². The number of halogens is 1. The number of aliphatic imine (C=N–C) groups is 1. The third-order valence-corrected chi connectivity index (χ3v) is 4.60. The summed E-state index contributed by atoms with van der Waals surface area (Å²) in [5, 5.41) is 16.2. The van der Waals surface area contributed by atoms with Crippen molar-refractivity contribution in [2.45, 2.75) is 12.5 Å². The average molecular weight is 416 g/mol. The number of benzene rings is 1. The Morgan fingerprint density at radius 1 is 1.19 bits per heavy atom. The van der Waals surface area contributed by atoms with Crippen molar-refractivity contribution in [3.63, 3.8) is 0 Å². The van der Waals surface area contributed by atoms with E-state index in [4.69, 9.17) is 0 Å². The van der Waals surface area contributed by atoms with Crippen LogP contribution in [0.5, 0.6) is 0 Å². The lowest BCUT2D eigenvalue weighted by molar-refractivity contribution is 0.265. The first-order valence-corrected chi connectivity index (χ1v) is 9.22. The molecule has 2 aromatic heterocycles. The molecule has 0 saturated heterocycles. The number of aliphatic hydroxyl groups is 1. The fraction of sp³-hybridized carbons (Fsp3) is 0.263. The fourth-order valence-corrected chi connectivity index (χ4v) is 3.08. The van der Waals surface area contributed by atoms with Gasteiger partial charge in [-0.1, -0.05) is 30.3 Å². The number of hydrogen-bond acceptors (Lipinski definition) is 3. The zero-order valence-electron chi connectivity index (χ0n) is 14.6. The Labute approximate surface area is 161 Å². The standard InChI is InChI=1S/C19H22BrN5O/c1-21-19(22-9-15(13-26)14-5-3-2-4-6-14)23-10-17-12-25-11-16(20)7-8-18(25)24-17/h2-8,11-12,15,26H,9-10,13H2,1H3,(H2,21,22,23). The lowest BCUT2D eigenvalue weighted by atomic mass is 10.0. The predicted molar refractivity (Wildman–Crippen MR) is 107 cm³/mol. The van der Waals surface area contributed by atoms with Gasteiger partial charge in [-0.05, 0) is 33.6 Å². The maximum Gasteiger partial charge on any atom is 0.191 e. The molecule has 1 unspecified atom stereocenters. The molecule has 0 amide bonds. The van der Waals surface area contributed by atoms with Crippen LogP contribution >= 0.6 is 15.9 Å². The summed E-state index contributed by atoms with van der Waals surface area (Å²) < 4.78 is 2.99. The molecule has 0 aliphatic rings. The van der Waals surface area contributed by atoms with Gasteiger partial charge in [0.1, 0.15) is 5.65 Å². The van der Waals surface area contributed by atoms with E-state index in [1.165, 1.54) is 0 Å². The van der Waals surface area contributed by atoms with Gasteiger partial charge in [0.25, 0.3) is 0 Å². The molecular formula is C19H22BrN5O. The van der Waals surface area contributed by atoms with Gasteiger partial charge in [0.05, 0.1) is 18.8 Å². The van der Waals surface area contributed by atoms with Crippen LogP contribution in [0.15, 0.2) is 64.3 Å². The SMILES string of the molecule is CN=C(NCc1cn2cc(Br)ccc2n1)NCC(CO)c1ccccc1. The van der Waals surface area contributed by atoms with E-state index in [1.54, 1.807) is 7.05 Å². The highest BCUT2D eigenvalue weighted by atomic mass is 79.9. The maximum atomic E-state index is 9.66. The van der Waals surface area contributed by atoms with Gasteiger partial charge in [-0.3, -0.25) is 4.99 Å². The lowest BCUT2D eigenvalue weighted by Gasteiger charge is -2.17. The Hall–Kier alpha value is -2.38. The highest BCUT2D eigenvalue weighted by Gasteiger charge is 2.11. The topological polar surface area (TPSA) is 74.0 Å². The van der Waals surface area contributed by atoms with E-state index in [-0.39, 0.29) is 12.5 Å². The van der Waals surface area contributed by atoms with Crippen LogP contribution < -0.4 is 10.6 Å². The molecule has 7 heteroatoms. The van der Waals surface area contributed by atoms with Crippen LogP contribution in [0.25, 0.3) is 5.65 Å². The van der Waals surface area contributed by atoms with Crippen molar-refractivity contribution in [2.24, 2.45) is 4.99 Å². The quantitative estimate of drug-likeness (QED) is 0.427. The van der Waals surface area contributed by atoms with Crippen molar-refractivity contribution in [3.8, 4) is 0 Å². The van der Waals surface area contributed by atoms with E-state index in [9.17, 15) is 5.11 Å². The van der Waals surface area contributed by atoms with E-state index in [1.807, 2.05) is 59.3 Å². The smallest absolute Gasteiger partial charge is 0.191 e. The second-order valence-electron chi connectivity index (χ2n) is 5.94. The van der Waals surface area contributed by atoms with Gasteiger partial charge in [0.2, 0.25) is 0 Å². The number of nitrogens with one attached hydrogen (secondary N) is 2. The number of pyridine rings is 1. The summed E-state index contributed by atoms with van der Waals surface area (Å²) in [7, 11) is 1.73. The highest BCUT2D eigenvalue weighted by Crippen LogP contribution is 2.14. The molecule has 0 aliphatic carbocycles. The number of aliphatic hydroxyl groups excluding tert-OH is 1. The van der Waals surface area contributed by atoms with Crippen molar-refractivity contribution < 1.29 is 5.11 Å². The number of hydrogen-bond donors (Lipinski definition) is 3. The molecule has 0 radical (unpaired) electrons. The number of rotatable bonds is 6. The third-order valence-electron chi connectivity index (χ3n) is 4.13. The number of fused-ring (bicyclic) bond motifs is 1. The van der Waals surface area contributed by atoms with E-state index in [0.29, 0.717) is 19.0 Å². The Bertz CT molecular complexity index is 878. The monoisotopic (exact) mass is 415 g/mol. The molecule has 0 bridgehead atoms. The van der Waals surface area contributed by atoms with Gasteiger partial charge in [-0.25, -0.2) is 4.98 Å². The fourth-order valence-electron chi connectivity index (χ4n) is 2.73. The molecule has 1 atom stereocenters. The molecule has 3 N–H and O–H groups in total. The van der Waals surface area contributed by atoms with Crippen LogP contribution in [-0.2, 0) is 6.54 Å². The van der Waals surface area contributed by atoms with Gasteiger partial charge in [0, 0.05) is 36.4 Å². The minimum Gasteiger partial charge on any atom is -0.396 e. The molecule has 0 spiro atoms. The normalized spacial score (nSPS) is 13.0. The van der Waals surface area contributed by atoms with Gasteiger partial charge < -0.3 is 20.1 Å². The van der Waals surface area contributed by atoms with E-state index in [2.05, 4.69) is 36.5 Å². The Kier molecular flexibility index (Phi) is 6.25. The summed E-state index contributed by atoms with van der Waals surface area (Å²) in [5.41, 5.74) is 2.93. The summed E-state index contributed by atoms with van der Waals surface area (Å²) in [4.78, 5) is 8.82. The number of guanidine groups is 1. The predicted octanol–water partition coefficient (Wildman–Crippen LogP) is 2.54. The Morgan fingerprint density at radius 3 is 2.73 bits per heavy atom. The largest absolute Gasteiger partial charge is 0.396 e. The van der Waals surface area contributed by atoms with Gasteiger partial charge in [-0.15, -0.1) is 0 Å². The van der Waals surface area contributed by atoms with Gasteiger partial charge in [-0.2, -0.15) is 0 Å². The number of aromatic nitrogens is 2. The second-order valence-corrected chi connectivity index (χ2v) is 6.86. The summed E-state index contributed by atoms with van der Waals surface area (Å²) in [5.74, 6) is 0.694. The zero-order chi connectivity index (χ0) is 18.4. The maximum absolute atomic E-state index is 9.66. The lowest BCUT2D eigenvalue weighted by Crippen LogP contribution is -2.39. The third kappa shape index (κ3) is 4.62. The van der Waals surface area contributed by atoms with E-state index in [0.717, 1.165) is 21.4 Å². The second kappa shape index (κ2) is 8.82. The molecule has 3 aromatic rings. The summed E-state index contributed by atoms with van der Waals surface area (Å²) in [6, 6.07) is 13.9. The minimum absolute atomic E-state index is 0.0160. The van der Waals surface area contributed by atoms with Crippen molar-refractivity contribution in [1.82, 2.24) is 20.0 Å². The van der Waals surface area contributed by atoms with Crippen molar-refractivity contribution >= 4 is 27.5 Å². The molecule has 136 valence electrons. The van der Waals surface area contributed by atoms with Gasteiger partial charge >= 0.3 is 0 Å². The number of imidazole rings is 1. The number of nitrogens with zero attached hydrogens (tertiary/aromatic N) is 3. The summed E-state index contributed by atoms with van der Waals surface area (Å²) in [6.45, 7) is 1.24. The van der Waals surface area contributed by atoms with Crippen LogP contribution in [0.4, 0.5) is 0 Å². The van der Waals surface area contributed by atoms with E-state index >= 15 is 0 Å². The van der Waals surface area contributed by atoms with Crippen molar-refractivity contribution in [2.75, 3.05) is 20.2 Å². The molecular weight excluding hydrogens is 394 g/mol. The first kappa shape index (κ1) is 18.4. The molecule has 6 nitrogen and oxygen atoms in total. The molecule has 0 aliphatic heterocycles. The van der Waals surface area contributed by atoms with Crippen LogP contribution in [0, 0.1) is 0 Å². The van der Waals surface area contributed by atoms with Crippen LogP contribution in [0.1, 0.15) is 17.2 Å². The average Bonchev–Trinajstić information content (AvgIpc) is 3.07. The summed E-state index contributed by atoms with van der Waals surface area (Å²) in [6.07, 6.45) is 3.96. The molecule has 26 heavy (non-hydrogen) atoms. The zero-order valence-corrected chi connectivity index (χ0v) is 16.1. The molecule has 3 rings (SSSR count).